The van der Waals surface area contributed by atoms with E-state index in [2.05, 4.69) is 215 Å². The average Bonchev–Trinajstić information content (AvgIpc) is 3.82. The minimum Gasteiger partial charge on any atom is -0.337 e. The Morgan fingerprint density at radius 2 is 1.28 bits per heavy atom. The molecule has 2 nitrogen and oxygen atoms in total. The summed E-state index contributed by atoms with van der Waals surface area (Å²) in [5.41, 5.74) is 13.0. The maximum Gasteiger partial charge on any atom is 0.0588 e. The second-order valence-electron chi connectivity index (χ2n) is 14.6. The van der Waals surface area contributed by atoms with E-state index in [1.807, 2.05) is 32.0 Å². The zero-order valence-corrected chi connectivity index (χ0v) is 35.6. The summed E-state index contributed by atoms with van der Waals surface area (Å²) in [4.78, 5) is 2.58. The lowest BCUT2D eigenvalue weighted by molar-refractivity contribution is 0.645. The number of anilines is 1. The molecule has 0 amide bonds. The summed E-state index contributed by atoms with van der Waals surface area (Å²) in [5.74, 6) is 0.461. The molecule has 2 heterocycles. The molecule has 0 saturated carbocycles. The number of terminal acetylenes is 1. The Bertz CT molecular complexity index is 2520. The fourth-order valence-electron chi connectivity index (χ4n) is 8.11. The van der Waals surface area contributed by atoms with Crippen LogP contribution in [0.15, 0.2) is 175 Å². The van der Waals surface area contributed by atoms with Crippen LogP contribution in [-0.2, 0) is 0 Å². The Balaban J connectivity index is 0.000000296. The molecule has 0 spiro atoms. The molecule has 1 fully saturated rings. The summed E-state index contributed by atoms with van der Waals surface area (Å²) in [6.45, 7) is 14.8. The number of rotatable bonds is 3. The third-order valence-corrected chi connectivity index (χ3v) is 10.8. The van der Waals surface area contributed by atoms with Crippen molar-refractivity contribution >= 4 is 28.4 Å². The summed E-state index contributed by atoms with van der Waals surface area (Å²) in [5, 5.41) is 3.91. The number of aryl methyl sites for hydroxylation is 3. The fraction of sp³-hybridized carbons (Fsp3) is 0.214. The van der Waals surface area contributed by atoms with Gasteiger partial charge in [0.2, 0.25) is 0 Å². The van der Waals surface area contributed by atoms with Gasteiger partial charge < -0.3 is 9.47 Å². The molecular weight excluding hydrogens is 701 g/mol. The van der Waals surface area contributed by atoms with Crippen molar-refractivity contribution in [1.29, 1.82) is 0 Å². The maximum atomic E-state index is 4.00. The predicted molar refractivity (Wildman–Crippen MR) is 255 cm³/mol. The molecule has 1 saturated heterocycles. The van der Waals surface area contributed by atoms with E-state index in [0.717, 1.165) is 6.42 Å². The van der Waals surface area contributed by atoms with Gasteiger partial charge in [-0.3, -0.25) is 0 Å². The number of aromatic nitrogens is 1. The third kappa shape index (κ3) is 9.79. The molecule has 294 valence electrons. The van der Waals surface area contributed by atoms with Crippen LogP contribution in [0.4, 0.5) is 5.69 Å². The Kier molecular flexibility index (Phi) is 15.7. The van der Waals surface area contributed by atoms with Crippen molar-refractivity contribution in [2.75, 3.05) is 4.90 Å². The highest BCUT2D eigenvalue weighted by Crippen LogP contribution is 2.40. The second-order valence-corrected chi connectivity index (χ2v) is 14.6. The van der Waals surface area contributed by atoms with Crippen LogP contribution in [0.25, 0.3) is 39.5 Å². The summed E-state index contributed by atoms with van der Waals surface area (Å²) >= 11 is 0. The molecular formula is C56H60N2. The molecule has 3 aliphatic rings. The molecule has 2 unspecified atom stereocenters. The maximum absolute atomic E-state index is 4.00. The first-order chi connectivity index (χ1) is 28.4. The Hall–Kier alpha value is -6.30. The van der Waals surface area contributed by atoms with Crippen molar-refractivity contribution in [2.45, 2.75) is 73.8 Å². The van der Waals surface area contributed by atoms with Crippen molar-refractivity contribution < 1.29 is 0 Å². The van der Waals surface area contributed by atoms with E-state index in [-0.39, 0.29) is 0 Å². The molecule has 0 N–H and O–H groups in total. The van der Waals surface area contributed by atoms with Gasteiger partial charge in [-0.1, -0.05) is 171 Å². The monoisotopic (exact) mass is 760 g/mol. The fourth-order valence-corrected chi connectivity index (χ4v) is 8.11. The van der Waals surface area contributed by atoms with Gasteiger partial charge in [0.1, 0.15) is 0 Å². The number of hydrogen-bond acceptors (Lipinski definition) is 1. The van der Waals surface area contributed by atoms with Crippen molar-refractivity contribution in [3.8, 4) is 29.7 Å². The van der Waals surface area contributed by atoms with Crippen LogP contribution in [0.5, 0.6) is 0 Å². The first kappa shape index (κ1) is 42.8. The molecule has 5 aromatic carbocycles. The van der Waals surface area contributed by atoms with E-state index in [4.69, 9.17) is 0 Å². The molecule has 6 aromatic rings. The minimum atomic E-state index is 0.324. The van der Waals surface area contributed by atoms with Gasteiger partial charge >= 0.3 is 0 Å². The smallest absolute Gasteiger partial charge is 0.0588 e. The van der Waals surface area contributed by atoms with Crippen LogP contribution in [0, 0.1) is 39.5 Å². The van der Waals surface area contributed by atoms with Crippen LogP contribution in [-0.4, -0.2) is 10.6 Å². The van der Waals surface area contributed by atoms with Crippen molar-refractivity contribution in [1.82, 2.24) is 4.57 Å². The number of hydrogen-bond donors (Lipinski definition) is 0. The van der Waals surface area contributed by atoms with Crippen LogP contribution in [0.2, 0.25) is 0 Å². The van der Waals surface area contributed by atoms with Crippen molar-refractivity contribution in [3.63, 3.8) is 0 Å². The minimum absolute atomic E-state index is 0.324. The second kappa shape index (κ2) is 21.3. The van der Waals surface area contributed by atoms with Gasteiger partial charge in [0, 0.05) is 33.6 Å². The van der Waals surface area contributed by atoms with E-state index in [9.17, 15) is 0 Å². The summed E-state index contributed by atoms with van der Waals surface area (Å²) in [6.07, 6.45) is 29.6. The SMILES string of the molecule is C#C.C/C=c1\c(=C2/CC3C=CC=CC3N2c2ccccc2)c2ccccc2n1-c1ccc(-c2ccccc2C)c(C)c1.CC.CC1=CCCC=C1.Cc1ccccc1. The Morgan fingerprint density at radius 1 is 0.638 bits per heavy atom. The lowest BCUT2D eigenvalue weighted by Gasteiger charge is -2.28. The van der Waals surface area contributed by atoms with E-state index in [1.54, 1.807) is 0 Å². The van der Waals surface area contributed by atoms with Gasteiger partial charge in [0.15, 0.2) is 0 Å². The van der Waals surface area contributed by atoms with E-state index in [0.29, 0.717) is 12.0 Å². The molecule has 1 aliphatic heterocycles. The number of nitrogens with zero attached hydrogens (tertiary/aromatic N) is 2. The van der Waals surface area contributed by atoms with Gasteiger partial charge in [-0.15, -0.1) is 12.8 Å². The lowest BCUT2D eigenvalue weighted by atomic mass is 9.95. The molecule has 1 aromatic heterocycles. The summed E-state index contributed by atoms with van der Waals surface area (Å²) < 4.78 is 2.46. The van der Waals surface area contributed by atoms with Crippen molar-refractivity contribution in [2.24, 2.45) is 5.92 Å². The van der Waals surface area contributed by atoms with E-state index < -0.39 is 0 Å². The average molecular weight is 761 g/mol. The molecule has 0 radical (unpaired) electrons. The zero-order chi connectivity index (χ0) is 41.4. The van der Waals surface area contributed by atoms with Gasteiger partial charge in [-0.2, -0.15) is 0 Å². The zero-order valence-electron chi connectivity index (χ0n) is 35.6. The molecule has 2 atom stereocenters. The normalized spacial score (nSPS) is 17.3. The Labute approximate surface area is 348 Å². The van der Waals surface area contributed by atoms with Gasteiger partial charge in [-0.05, 0) is 106 Å². The summed E-state index contributed by atoms with van der Waals surface area (Å²) in [7, 11) is 0. The van der Waals surface area contributed by atoms with Crippen LogP contribution in [0.1, 0.15) is 63.6 Å². The largest absolute Gasteiger partial charge is 0.337 e. The van der Waals surface area contributed by atoms with Gasteiger partial charge in [0.25, 0.3) is 0 Å². The van der Waals surface area contributed by atoms with Crippen molar-refractivity contribution in [3.05, 3.63) is 203 Å². The Morgan fingerprint density at radius 3 is 1.88 bits per heavy atom. The molecule has 2 aliphatic carbocycles. The van der Waals surface area contributed by atoms with Crippen LogP contribution >= 0.6 is 0 Å². The first-order valence-electron chi connectivity index (χ1n) is 20.8. The number of allylic oxidation sites excluding steroid dienone is 6. The highest BCUT2D eigenvalue weighted by atomic mass is 15.2. The summed E-state index contributed by atoms with van der Waals surface area (Å²) in [6, 6.07) is 46.0. The number of fused-ring (bicyclic) bond motifs is 2. The highest BCUT2D eigenvalue weighted by Gasteiger charge is 2.37. The van der Waals surface area contributed by atoms with E-state index >= 15 is 0 Å². The van der Waals surface area contributed by atoms with Gasteiger partial charge in [-0.25, -0.2) is 0 Å². The molecule has 9 rings (SSSR count). The van der Waals surface area contributed by atoms with E-state index in [1.165, 1.54) is 84.8 Å². The number of benzene rings is 5. The molecule has 58 heavy (non-hydrogen) atoms. The predicted octanol–water partition coefficient (Wildman–Crippen LogP) is 13.4. The standard InChI is InChI=1S/C38H34N2.C7H10.C7H8.C2H6.C2H2/c1-4-34-38(37-25-28-15-9-12-20-35(28)39(37)29-16-6-5-7-17-29)33-19-11-13-21-36(33)40(34)30-22-23-32(27(3)24-30)31-18-10-8-14-26(31)2;2*1-7-5-3-2-4-6-7;2*1-2/h4-24,28,35H,25H2,1-3H3;3,5-6H,2,4H2,1H3;2-6H,1H3;1-2H3;1-2H/b34-4+,38-37+;;;;. The van der Waals surface area contributed by atoms with Crippen LogP contribution in [0.3, 0.4) is 0 Å². The third-order valence-electron chi connectivity index (χ3n) is 10.8. The van der Waals surface area contributed by atoms with Crippen LogP contribution < -0.4 is 15.5 Å². The first-order valence-corrected chi connectivity index (χ1v) is 20.8. The quantitative estimate of drug-likeness (QED) is 0.163. The molecule has 0 bridgehead atoms. The number of para-hydroxylation sites is 2. The topological polar surface area (TPSA) is 8.17 Å². The molecule has 2 heteroatoms. The lowest BCUT2D eigenvalue weighted by Crippen LogP contribution is -2.37. The highest BCUT2D eigenvalue weighted by molar-refractivity contribution is 5.88. The van der Waals surface area contributed by atoms with Gasteiger partial charge in [0.05, 0.1) is 16.9 Å².